The van der Waals surface area contributed by atoms with E-state index in [9.17, 15) is 0 Å². The minimum atomic E-state index is 0.617. The van der Waals surface area contributed by atoms with Crippen LogP contribution in [0.2, 0.25) is 0 Å². The molecule has 0 bridgehead atoms. The zero-order chi connectivity index (χ0) is 10.6. The highest BCUT2D eigenvalue weighted by Crippen LogP contribution is 2.18. The maximum absolute atomic E-state index is 5.53. The van der Waals surface area contributed by atoms with Crippen LogP contribution in [0.1, 0.15) is 51.9 Å². The summed E-state index contributed by atoms with van der Waals surface area (Å²) in [6.45, 7) is 3.27. The van der Waals surface area contributed by atoms with Gasteiger partial charge in [-0.25, -0.2) is 0 Å². The second-order valence-electron chi connectivity index (χ2n) is 3.89. The number of methoxy groups -OCH3 is 1. The molecular weight excluding hydrogens is 176 g/mol. The van der Waals surface area contributed by atoms with Gasteiger partial charge in [-0.2, -0.15) is 0 Å². The first-order valence-corrected chi connectivity index (χ1v) is 5.86. The molecule has 0 amide bonds. The molecule has 0 radical (unpaired) electrons. The van der Waals surface area contributed by atoms with Crippen LogP contribution in [0, 0.1) is 0 Å². The molecule has 1 aliphatic heterocycles. The largest absolute Gasteiger partial charge is 0.388 e. The van der Waals surface area contributed by atoms with Crippen LogP contribution in [0.25, 0.3) is 0 Å². The second-order valence-corrected chi connectivity index (χ2v) is 3.89. The number of ether oxygens (including phenoxy) is 2. The predicted octanol–water partition coefficient (Wildman–Crippen LogP) is 3.40. The van der Waals surface area contributed by atoms with Crippen molar-refractivity contribution in [1.29, 1.82) is 0 Å². The van der Waals surface area contributed by atoms with Crippen molar-refractivity contribution < 1.29 is 9.47 Å². The third-order valence-corrected chi connectivity index (χ3v) is 2.40. The Morgan fingerprint density at radius 3 is 2.43 bits per heavy atom. The van der Waals surface area contributed by atoms with Gasteiger partial charge in [-0.05, 0) is 19.3 Å². The zero-order valence-electron chi connectivity index (χ0n) is 10.1. The summed E-state index contributed by atoms with van der Waals surface area (Å²) < 4.78 is 9.78. The van der Waals surface area contributed by atoms with Gasteiger partial charge >= 0.3 is 0 Å². The molecule has 1 heterocycles. The highest BCUT2D eigenvalue weighted by Gasteiger charge is 2.13. The summed E-state index contributed by atoms with van der Waals surface area (Å²) in [5, 5.41) is 0. The lowest BCUT2D eigenvalue weighted by Crippen LogP contribution is -2.03. The van der Waals surface area contributed by atoms with E-state index in [2.05, 4.69) is 11.7 Å². The Morgan fingerprint density at radius 1 is 1.21 bits per heavy atom. The highest BCUT2D eigenvalue weighted by molar-refractivity contribution is 4.64. The maximum atomic E-state index is 5.53. The molecule has 0 aromatic carbocycles. The van der Waals surface area contributed by atoms with E-state index in [4.69, 9.17) is 4.74 Å². The van der Waals surface area contributed by atoms with Gasteiger partial charge in [0.1, 0.15) is 0 Å². The van der Waals surface area contributed by atoms with Gasteiger partial charge in [0.15, 0.2) is 0 Å². The Labute approximate surface area is 89.0 Å². The molecule has 0 aromatic heterocycles. The van der Waals surface area contributed by atoms with Gasteiger partial charge in [0.05, 0.1) is 6.10 Å². The van der Waals surface area contributed by atoms with Crippen LogP contribution >= 0.6 is 0 Å². The summed E-state index contributed by atoms with van der Waals surface area (Å²) in [7, 11) is 3.25. The first kappa shape index (κ1) is 13.9. The summed E-state index contributed by atoms with van der Waals surface area (Å²) in [5.74, 6) is 0. The fourth-order valence-electron chi connectivity index (χ4n) is 1.67. The van der Waals surface area contributed by atoms with Crippen molar-refractivity contribution >= 4 is 0 Å². The molecule has 1 rings (SSSR count). The molecule has 2 heteroatoms. The Hall–Kier alpha value is -0.0800. The zero-order valence-corrected chi connectivity index (χ0v) is 10.1. The van der Waals surface area contributed by atoms with E-state index < -0.39 is 0 Å². The highest BCUT2D eigenvalue weighted by atomic mass is 16.5. The van der Waals surface area contributed by atoms with Crippen LogP contribution in [0.5, 0.6) is 0 Å². The maximum Gasteiger partial charge on any atom is 0.0576 e. The molecule has 0 N–H and O–H groups in total. The monoisotopic (exact) mass is 202 g/mol. The fourth-order valence-corrected chi connectivity index (χ4v) is 1.67. The van der Waals surface area contributed by atoms with Gasteiger partial charge in [-0.1, -0.05) is 32.6 Å². The van der Waals surface area contributed by atoms with Crippen LogP contribution in [-0.4, -0.2) is 26.9 Å². The van der Waals surface area contributed by atoms with Crippen molar-refractivity contribution in [2.24, 2.45) is 0 Å². The topological polar surface area (TPSA) is 18.5 Å². The smallest absolute Gasteiger partial charge is 0.0576 e. The first-order valence-electron chi connectivity index (χ1n) is 5.86. The average Bonchev–Trinajstić information content (AvgIpc) is 2.66. The molecule has 1 saturated heterocycles. The van der Waals surface area contributed by atoms with Crippen molar-refractivity contribution in [2.45, 2.75) is 58.0 Å². The molecule has 2 nitrogen and oxygen atoms in total. The third kappa shape index (κ3) is 8.52. The van der Waals surface area contributed by atoms with E-state index >= 15 is 0 Å². The number of rotatable bonds is 5. The van der Waals surface area contributed by atoms with Gasteiger partial charge in [-0.15, -0.1) is 0 Å². The second kappa shape index (κ2) is 11.0. The Bertz CT molecular complexity index is 98.5. The lowest BCUT2D eigenvalue weighted by atomic mass is 10.1. The molecule has 1 atom stereocenters. The molecular formula is C12H26O2. The lowest BCUT2D eigenvalue weighted by Gasteiger charge is -2.07. The van der Waals surface area contributed by atoms with Crippen molar-refractivity contribution in [1.82, 2.24) is 0 Å². The van der Waals surface area contributed by atoms with Crippen LogP contribution < -0.4 is 0 Å². The third-order valence-electron chi connectivity index (χ3n) is 2.40. The van der Waals surface area contributed by atoms with Gasteiger partial charge in [0.25, 0.3) is 0 Å². The summed E-state index contributed by atoms with van der Waals surface area (Å²) in [5.41, 5.74) is 0. The van der Waals surface area contributed by atoms with E-state index in [0.717, 1.165) is 6.61 Å². The molecule has 1 aliphatic rings. The van der Waals surface area contributed by atoms with Gasteiger partial charge in [-0.3, -0.25) is 0 Å². The molecule has 0 saturated carbocycles. The van der Waals surface area contributed by atoms with E-state index in [1.54, 1.807) is 14.2 Å². The molecule has 14 heavy (non-hydrogen) atoms. The van der Waals surface area contributed by atoms with Gasteiger partial charge in [0.2, 0.25) is 0 Å². The van der Waals surface area contributed by atoms with Crippen LogP contribution in [0.4, 0.5) is 0 Å². The summed E-state index contributed by atoms with van der Waals surface area (Å²) in [4.78, 5) is 0. The molecule has 1 fully saturated rings. The standard InChI is InChI=1S/C10H20O.C2H6O/c1-2-3-4-5-7-10-8-6-9-11-10;1-3-2/h10H,2-9H2,1H3;1-2H3. The number of hydrogen-bond donors (Lipinski definition) is 0. The minimum absolute atomic E-state index is 0.617. The SMILES string of the molecule is CCCCCCC1CCCO1.COC. The average molecular weight is 202 g/mol. The Morgan fingerprint density at radius 2 is 1.93 bits per heavy atom. The van der Waals surface area contributed by atoms with Crippen LogP contribution in [0.3, 0.4) is 0 Å². The van der Waals surface area contributed by atoms with E-state index in [1.165, 1.54) is 44.9 Å². The molecule has 0 spiro atoms. The number of unbranched alkanes of at least 4 members (excludes halogenated alkanes) is 3. The van der Waals surface area contributed by atoms with Crippen molar-refractivity contribution in [3.63, 3.8) is 0 Å². The summed E-state index contributed by atoms with van der Waals surface area (Å²) in [6, 6.07) is 0. The van der Waals surface area contributed by atoms with Crippen molar-refractivity contribution in [3.05, 3.63) is 0 Å². The fraction of sp³-hybridized carbons (Fsp3) is 1.00. The predicted molar refractivity (Wildman–Crippen MR) is 60.7 cm³/mol. The lowest BCUT2D eigenvalue weighted by molar-refractivity contribution is 0.102. The molecule has 86 valence electrons. The first-order chi connectivity index (χ1) is 6.85. The van der Waals surface area contributed by atoms with E-state index in [1.807, 2.05) is 0 Å². The number of hydrogen-bond acceptors (Lipinski definition) is 2. The molecule has 0 aliphatic carbocycles. The van der Waals surface area contributed by atoms with Crippen LogP contribution in [-0.2, 0) is 9.47 Å². The van der Waals surface area contributed by atoms with E-state index in [-0.39, 0.29) is 0 Å². The van der Waals surface area contributed by atoms with Crippen molar-refractivity contribution in [3.8, 4) is 0 Å². The van der Waals surface area contributed by atoms with Crippen LogP contribution in [0.15, 0.2) is 0 Å². The van der Waals surface area contributed by atoms with E-state index in [0.29, 0.717) is 6.10 Å². The molecule has 0 aromatic rings. The summed E-state index contributed by atoms with van der Waals surface area (Å²) >= 11 is 0. The normalized spacial score (nSPS) is 20.4. The molecule has 1 unspecified atom stereocenters. The van der Waals surface area contributed by atoms with Gasteiger partial charge < -0.3 is 9.47 Å². The quantitative estimate of drug-likeness (QED) is 0.636. The summed E-state index contributed by atoms with van der Waals surface area (Å²) in [6.07, 6.45) is 10.0. The van der Waals surface area contributed by atoms with Crippen molar-refractivity contribution in [2.75, 3.05) is 20.8 Å². The minimum Gasteiger partial charge on any atom is -0.388 e. The Kier molecular flexibility index (Phi) is 10.9. The Balaban J connectivity index is 0.000000500. The van der Waals surface area contributed by atoms with Gasteiger partial charge in [0, 0.05) is 20.8 Å².